The normalized spacial score (nSPS) is 30.2. The molecule has 0 bridgehead atoms. The first kappa shape index (κ1) is 27.5. The summed E-state index contributed by atoms with van der Waals surface area (Å²) in [5, 5.41) is 8.78. The van der Waals surface area contributed by atoms with Crippen molar-refractivity contribution >= 4 is 26.8 Å². The lowest BCUT2D eigenvalue weighted by molar-refractivity contribution is -0.0595. The van der Waals surface area contributed by atoms with Crippen LogP contribution in [0.25, 0.3) is 0 Å². The fourth-order valence-corrected chi connectivity index (χ4v) is 7.06. The van der Waals surface area contributed by atoms with Crippen LogP contribution in [-0.2, 0) is 27.9 Å². The summed E-state index contributed by atoms with van der Waals surface area (Å²) in [5.74, 6) is 0. The van der Waals surface area contributed by atoms with Gasteiger partial charge >= 0.3 is 0 Å². The average molecular weight is 533 g/mol. The van der Waals surface area contributed by atoms with E-state index in [2.05, 4.69) is 78.0 Å². The number of nitrogens with zero attached hydrogens (tertiary/aromatic N) is 3. The highest BCUT2D eigenvalue weighted by atomic mass is 32.2. The second-order valence-corrected chi connectivity index (χ2v) is 23.2. The van der Waals surface area contributed by atoms with Gasteiger partial charge in [0.1, 0.15) is 12.2 Å². The minimum Gasteiger partial charge on any atom is -0.414 e. The molecule has 0 amide bonds. The molecule has 1 aromatic heterocycles. The summed E-state index contributed by atoms with van der Waals surface area (Å²) in [6.45, 7) is 21.2. The molecule has 2 N–H and O–H groups in total. The van der Waals surface area contributed by atoms with E-state index in [1.165, 1.54) is 10.9 Å². The van der Waals surface area contributed by atoms with Gasteiger partial charge in [-0.15, -0.1) is 5.10 Å². The summed E-state index contributed by atoms with van der Waals surface area (Å²) >= 11 is 0. The monoisotopic (exact) mass is 532 g/mol. The fraction of sp³-hybridized carbons (Fsp3) is 0.810. The molecule has 0 radical (unpaired) electrons. The van der Waals surface area contributed by atoms with E-state index in [1.807, 2.05) is 0 Å². The van der Waals surface area contributed by atoms with Gasteiger partial charge in [-0.25, -0.2) is 8.86 Å². The standard InChI is InChI=1S/C21H40N4O6SSi2/c1-19(2,3)33(7,8)28-13-16-21(15(22)14-32(26,27)31-21)17(30-34(9,10)20(4,5)6)18(29-16)25-12-11-23-24-25/h11-12,14,16-18H,13,22H2,1-10H3/t16-,17+,18-,21-/m1/s1. The SMILES string of the molecule is CC(C)(C)[Si](C)(C)OC[C@H]1O[C@@H](n2ccnn2)[C@H](O[Si](C)(C)C(C)(C)C)[C@]12OS(=O)(=O)C=C2N. The highest BCUT2D eigenvalue weighted by molar-refractivity contribution is 7.90. The summed E-state index contributed by atoms with van der Waals surface area (Å²) in [6, 6.07) is 0. The smallest absolute Gasteiger partial charge is 0.292 e. The van der Waals surface area contributed by atoms with Crippen molar-refractivity contribution in [3.63, 3.8) is 0 Å². The quantitative estimate of drug-likeness (QED) is 0.432. The van der Waals surface area contributed by atoms with Crippen LogP contribution in [0, 0.1) is 0 Å². The minimum absolute atomic E-state index is 0.0441. The number of hydrogen-bond donors (Lipinski definition) is 1. The highest BCUT2D eigenvalue weighted by Gasteiger charge is 2.67. The van der Waals surface area contributed by atoms with Gasteiger partial charge in [0.05, 0.1) is 23.9 Å². The van der Waals surface area contributed by atoms with E-state index in [4.69, 9.17) is 23.5 Å². The van der Waals surface area contributed by atoms with E-state index in [0.717, 1.165) is 5.41 Å². The Morgan fingerprint density at radius 2 is 1.71 bits per heavy atom. The van der Waals surface area contributed by atoms with Crippen LogP contribution in [0.3, 0.4) is 0 Å². The van der Waals surface area contributed by atoms with Crippen LogP contribution in [0.15, 0.2) is 23.5 Å². The van der Waals surface area contributed by atoms with Crippen molar-refractivity contribution < 1.29 is 26.2 Å². The van der Waals surface area contributed by atoms with Crippen LogP contribution < -0.4 is 5.73 Å². The van der Waals surface area contributed by atoms with Gasteiger partial charge in [-0.1, -0.05) is 46.8 Å². The second kappa shape index (κ2) is 8.49. The summed E-state index contributed by atoms with van der Waals surface area (Å²) in [7, 11) is -8.68. The summed E-state index contributed by atoms with van der Waals surface area (Å²) in [4.78, 5) is 0. The molecule has 1 fully saturated rings. The molecule has 4 atom stereocenters. The third-order valence-corrected chi connectivity index (χ3v) is 17.8. The third kappa shape index (κ3) is 4.80. The second-order valence-electron chi connectivity index (χ2n) is 12.2. The van der Waals surface area contributed by atoms with Crippen molar-refractivity contribution in [1.29, 1.82) is 0 Å². The van der Waals surface area contributed by atoms with Gasteiger partial charge in [0, 0.05) is 6.20 Å². The molecule has 2 aliphatic heterocycles. The molecular weight excluding hydrogens is 492 g/mol. The van der Waals surface area contributed by atoms with Crippen molar-refractivity contribution in [2.45, 2.75) is 102 Å². The van der Waals surface area contributed by atoms with Crippen LogP contribution >= 0.6 is 0 Å². The maximum Gasteiger partial charge on any atom is 0.292 e. The van der Waals surface area contributed by atoms with E-state index >= 15 is 0 Å². The lowest BCUT2D eigenvalue weighted by atomic mass is 9.89. The highest BCUT2D eigenvalue weighted by Crippen LogP contribution is 2.52. The molecule has 10 nitrogen and oxygen atoms in total. The molecule has 0 saturated carbocycles. The van der Waals surface area contributed by atoms with Crippen molar-refractivity contribution in [1.82, 2.24) is 15.0 Å². The first-order valence-electron chi connectivity index (χ1n) is 11.5. The van der Waals surface area contributed by atoms with Crippen molar-refractivity contribution in [3.8, 4) is 0 Å². The van der Waals surface area contributed by atoms with E-state index in [9.17, 15) is 8.42 Å². The predicted molar refractivity (Wildman–Crippen MR) is 134 cm³/mol. The summed E-state index contributed by atoms with van der Waals surface area (Å²) < 4.78 is 52.3. The number of aromatic nitrogens is 3. The van der Waals surface area contributed by atoms with Gasteiger partial charge in [0.15, 0.2) is 28.5 Å². The summed E-state index contributed by atoms with van der Waals surface area (Å²) in [5.41, 5.74) is 4.89. The van der Waals surface area contributed by atoms with Crippen LogP contribution in [0.2, 0.25) is 36.3 Å². The number of nitrogens with two attached hydrogens (primary N) is 1. The van der Waals surface area contributed by atoms with Crippen LogP contribution in [0.5, 0.6) is 0 Å². The van der Waals surface area contributed by atoms with Gasteiger partial charge in [-0.05, 0) is 36.3 Å². The summed E-state index contributed by atoms with van der Waals surface area (Å²) in [6.07, 6.45) is 0.672. The van der Waals surface area contributed by atoms with Gasteiger partial charge in [0.2, 0.25) is 0 Å². The minimum atomic E-state index is -4.04. The molecule has 194 valence electrons. The van der Waals surface area contributed by atoms with Crippen molar-refractivity contribution in [2.75, 3.05) is 6.61 Å². The predicted octanol–water partition coefficient (Wildman–Crippen LogP) is 3.49. The Labute approximate surface area is 205 Å². The average Bonchev–Trinajstić information content (AvgIpc) is 3.31. The molecule has 3 heterocycles. The molecule has 0 aliphatic carbocycles. The van der Waals surface area contributed by atoms with Gasteiger partial charge in [-0.3, -0.25) is 0 Å². The first-order chi connectivity index (χ1) is 15.2. The number of hydrogen-bond acceptors (Lipinski definition) is 9. The molecule has 1 spiro atoms. The zero-order valence-corrected chi connectivity index (χ0v) is 24.8. The Bertz CT molecular complexity index is 1030. The Balaban J connectivity index is 2.11. The number of rotatable bonds is 6. The maximum absolute atomic E-state index is 12.7. The van der Waals surface area contributed by atoms with Crippen LogP contribution in [-0.4, -0.2) is 64.5 Å². The van der Waals surface area contributed by atoms with E-state index in [-0.39, 0.29) is 22.4 Å². The molecule has 13 heteroatoms. The molecule has 34 heavy (non-hydrogen) atoms. The van der Waals surface area contributed by atoms with E-state index in [1.54, 1.807) is 6.20 Å². The maximum atomic E-state index is 12.7. The van der Waals surface area contributed by atoms with Crippen molar-refractivity contribution in [2.24, 2.45) is 5.73 Å². The third-order valence-electron chi connectivity index (χ3n) is 7.77. The molecule has 2 aliphatic rings. The van der Waals surface area contributed by atoms with Crippen LogP contribution in [0.4, 0.5) is 0 Å². The van der Waals surface area contributed by atoms with Crippen molar-refractivity contribution in [3.05, 3.63) is 23.5 Å². The Kier molecular flexibility index (Phi) is 6.87. The Morgan fingerprint density at radius 3 is 2.15 bits per heavy atom. The van der Waals surface area contributed by atoms with Gasteiger partial charge in [-0.2, -0.15) is 8.42 Å². The van der Waals surface area contributed by atoms with E-state index in [0.29, 0.717) is 0 Å². The first-order valence-corrected chi connectivity index (χ1v) is 18.8. The molecular formula is C21H40N4O6SSi2. The Hall–Kier alpha value is -1.10. The lowest BCUT2D eigenvalue weighted by Gasteiger charge is -2.43. The number of ether oxygens (including phenoxy) is 1. The Morgan fingerprint density at radius 1 is 1.12 bits per heavy atom. The van der Waals surface area contributed by atoms with Crippen LogP contribution in [0.1, 0.15) is 47.8 Å². The molecule has 1 saturated heterocycles. The van der Waals surface area contributed by atoms with E-state index < -0.39 is 50.8 Å². The molecule has 0 aromatic carbocycles. The lowest BCUT2D eigenvalue weighted by Crippen LogP contribution is -2.59. The van der Waals surface area contributed by atoms with Gasteiger partial charge in [0.25, 0.3) is 10.1 Å². The molecule has 1 aromatic rings. The zero-order chi connectivity index (χ0) is 26.0. The van der Waals surface area contributed by atoms with Gasteiger partial charge < -0.3 is 19.3 Å². The molecule has 3 rings (SSSR count). The topological polar surface area (TPSA) is 128 Å². The zero-order valence-electron chi connectivity index (χ0n) is 21.9. The largest absolute Gasteiger partial charge is 0.414 e. The fourth-order valence-electron chi connectivity index (χ4n) is 3.56. The molecule has 0 unspecified atom stereocenters.